The average molecular weight is 656 g/mol. The maximum atomic E-state index is 14.9. The van der Waals surface area contributed by atoms with Crippen molar-refractivity contribution in [2.45, 2.75) is 75.3 Å². The Morgan fingerprint density at radius 1 is 0.979 bits per heavy atom. The zero-order chi connectivity index (χ0) is 33.7. The molecule has 4 heterocycles. The number of likely N-dealkylation sites (tertiary alicyclic amines) is 1. The van der Waals surface area contributed by atoms with Crippen molar-refractivity contribution in [2.24, 2.45) is 11.8 Å². The van der Waals surface area contributed by atoms with Crippen LogP contribution in [0.4, 0.5) is 0 Å². The Kier molecular flexibility index (Phi) is 10.4. The number of ether oxygens (including phenoxy) is 2. The van der Waals surface area contributed by atoms with Crippen molar-refractivity contribution in [2.75, 3.05) is 26.3 Å². The highest BCUT2D eigenvalue weighted by atomic mass is 16.5. The summed E-state index contributed by atoms with van der Waals surface area (Å²) < 4.78 is 12.4. The Morgan fingerprint density at radius 3 is 2.46 bits per heavy atom. The lowest BCUT2D eigenvalue weighted by Gasteiger charge is -2.38. The quantitative estimate of drug-likeness (QED) is 0.241. The number of aliphatic hydroxyl groups is 1. The van der Waals surface area contributed by atoms with E-state index in [1.807, 2.05) is 72.8 Å². The number of hydrogen-bond acceptors (Lipinski definition) is 7. The lowest BCUT2D eigenvalue weighted by Crippen LogP contribution is -2.58. The number of fused-ring (bicyclic) bond motifs is 2. The summed E-state index contributed by atoms with van der Waals surface area (Å²) in [4.78, 5) is 59.8. The van der Waals surface area contributed by atoms with Crippen LogP contribution >= 0.6 is 0 Å². The molecule has 254 valence electrons. The van der Waals surface area contributed by atoms with Crippen LogP contribution in [-0.2, 0) is 35.1 Å². The molecule has 0 aliphatic carbocycles. The number of benzene rings is 2. The summed E-state index contributed by atoms with van der Waals surface area (Å²) >= 11 is 0. The highest BCUT2D eigenvalue weighted by molar-refractivity contribution is 6.00. The van der Waals surface area contributed by atoms with Crippen LogP contribution in [0.3, 0.4) is 0 Å². The third kappa shape index (κ3) is 6.56. The van der Waals surface area contributed by atoms with E-state index in [0.717, 1.165) is 30.4 Å². The number of aliphatic hydroxyl groups excluding tert-OH is 1. The van der Waals surface area contributed by atoms with E-state index >= 15 is 0 Å². The van der Waals surface area contributed by atoms with Crippen molar-refractivity contribution in [1.82, 2.24) is 15.1 Å². The molecule has 2 aromatic rings. The molecule has 0 unspecified atom stereocenters. The van der Waals surface area contributed by atoms with Gasteiger partial charge in [0.25, 0.3) is 0 Å². The van der Waals surface area contributed by atoms with Crippen LogP contribution in [0.15, 0.2) is 85.0 Å². The van der Waals surface area contributed by atoms with Crippen LogP contribution in [0.2, 0.25) is 0 Å². The molecular formula is C38H45N3O7. The van der Waals surface area contributed by atoms with E-state index in [9.17, 15) is 24.3 Å². The number of cyclic esters (lactones) is 1. The molecule has 48 heavy (non-hydrogen) atoms. The van der Waals surface area contributed by atoms with Gasteiger partial charge in [0.05, 0.1) is 36.6 Å². The van der Waals surface area contributed by atoms with Crippen LogP contribution in [0.5, 0.6) is 0 Å². The van der Waals surface area contributed by atoms with Crippen molar-refractivity contribution in [1.29, 1.82) is 0 Å². The van der Waals surface area contributed by atoms with E-state index in [4.69, 9.17) is 9.47 Å². The first-order valence-electron chi connectivity index (χ1n) is 17.2. The number of esters is 1. The van der Waals surface area contributed by atoms with Gasteiger partial charge in [-0.05, 0) is 30.4 Å². The number of amides is 3. The van der Waals surface area contributed by atoms with Crippen LogP contribution in [0.1, 0.15) is 56.2 Å². The fourth-order valence-electron chi connectivity index (χ4n) is 7.71. The van der Waals surface area contributed by atoms with E-state index in [-0.39, 0.29) is 31.5 Å². The molecule has 2 saturated heterocycles. The van der Waals surface area contributed by atoms with Gasteiger partial charge in [-0.15, -0.1) is 0 Å². The summed E-state index contributed by atoms with van der Waals surface area (Å²) in [5, 5.41) is 13.8. The highest BCUT2D eigenvalue weighted by Crippen LogP contribution is 2.53. The van der Waals surface area contributed by atoms with Crippen molar-refractivity contribution >= 4 is 23.7 Å². The number of allylic oxidation sites excluding steroid dienone is 1. The van der Waals surface area contributed by atoms with Gasteiger partial charge < -0.3 is 29.7 Å². The summed E-state index contributed by atoms with van der Waals surface area (Å²) in [6, 6.07) is 16.4. The monoisotopic (exact) mass is 655 g/mol. The third-order valence-electron chi connectivity index (χ3n) is 10.0. The largest absolute Gasteiger partial charge is 0.463 e. The van der Waals surface area contributed by atoms with E-state index < -0.39 is 53.5 Å². The van der Waals surface area contributed by atoms with E-state index in [0.29, 0.717) is 25.9 Å². The molecule has 2 fully saturated rings. The van der Waals surface area contributed by atoms with Crippen molar-refractivity contribution in [3.05, 3.63) is 96.1 Å². The number of carbonyl (C=O) groups excluding carboxylic acids is 4. The maximum absolute atomic E-state index is 14.9. The molecule has 0 saturated carbocycles. The Bertz CT molecular complexity index is 1530. The summed E-state index contributed by atoms with van der Waals surface area (Å²) in [7, 11) is 0. The second-order valence-corrected chi connectivity index (χ2v) is 13.1. The van der Waals surface area contributed by atoms with Gasteiger partial charge in [-0.3, -0.25) is 19.2 Å². The van der Waals surface area contributed by atoms with E-state index in [2.05, 4.69) is 12.2 Å². The Balaban J connectivity index is 1.42. The normalized spacial score (nSPS) is 30.2. The molecule has 2 aromatic carbocycles. The predicted molar refractivity (Wildman–Crippen MR) is 178 cm³/mol. The second kappa shape index (κ2) is 14.9. The standard InChI is InChI=1S/C38H45N3O7/c1-2-3-12-21-40-22-13-20-38-33(36(45)41(34(38)37(40)46)28(24-42)23-26-14-6-4-7-15-26)32-30(48-38)18-10-11-19-31(43)47-25-29(39-35(32)44)27-16-8-5-9-17-27/h4-10,13-18,20,28-30,32-34,42H,2-3,11-12,19,21-25H2,1H3,(H,39,44)/b18-10-/t28-,29+,30-,32+,33+,34-,38+/m1/s1. The summed E-state index contributed by atoms with van der Waals surface area (Å²) in [5.41, 5.74) is 0.227. The van der Waals surface area contributed by atoms with Crippen molar-refractivity contribution < 1.29 is 33.8 Å². The predicted octanol–water partition coefficient (Wildman–Crippen LogP) is 3.51. The molecule has 0 radical (unpaired) electrons. The smallest absolute Gasteiger partial charge is 0.306 e. The zero-order valence-corrected chi connectivity index (χ0v) is 27.4. The molecule has 0 aromatic heterocycles. The lowest BCUT2D eigenvalue weighted by molar-refractivity contribution is -0.151. The number of rotatable bonds is 9. The summed E-state index contributed by atoms with van der Waals surface area (Å²) in [5.74, 6) is -3.47. The Morgan fingerprint density at radius 2 is 1.73 bits per heavy atom. The van der Waals surface area contributed by atoms with Gasteiger partial charge in [-0.2, -0.15) is 0 Å². The minimum Gasteiger partial charge on any atom is -0.463 e. The molecule has 10 nitrogen and oxygen atoms in total. The van der Waals surface area contributed by atoms with Gasteiger partial charge in [-0.25, -0.2) is 0 Å². The molecule has 4 aliphatic rings. The topological polar surface area (TPSA) is 125 Å². The van der Waals surface area contributed by atoms with Gasteiger partial charge in [0.2, 0.25) is 17.7 Å². The first-order valence-corrected chi connectivity index (χ1v) is 17.2. The molecular weight excluding hydrogens is 610 g/mol. The molecule has 1 spiro atoms. The summed E-state index contributed by atoms with van der Waals surface area (Å²) in [6.07, 6.45) is 10.0. The SMILES string of the molecule is CCCCCN1CC=C[C@]23O[C@@H]4/C=C\CCC(=O)OC[C@@H](c5ccccc5)NC(=O)[C@@H]4[C@H]2C(=O)N([C@@H](CO)Cc2ccccc2)[C@@H]3C1=O. The number of nitrogens with zero attached hydrogens (tertiary/aromatic N) is 2. The fraction of sp³-hybridized carbons (Fsp3) is 0.474. The molecule has 10 heteroatoms. The van der Waals surface area contributed by atoms with Crippen LogP contribution < -0.4 is 5.32 Å². The molecule has 0 bridgehead atoms. The van der Waals surface area contributed by atoms with Gasteiger partial charge in [0, 0.05) is 19.5 Å². The maximum Gasteiger partial charge on any atom is 0.306 e. The minimum atomic E-state index is -1.44. The minimum absolute atomic E-state index is 0.0657. The zero-order valence-electron chi connectivity index (χ0n) is 27.4. The number of unbranched alkanes of at least 4 members (excludes halogenated alkanes) is 2. The van der Waals surface area contributed by atoms with Gasteiger partial charge in [0.15, 0.2) is 0 Å². The number of carbonyl (C=O) groups is 4. The van der Waals surface area contributed by atoms with E-state index in [1.165, 1.54) is 4.90 Å². The van der Waals surface area contributed by atoms with Crippen LogP contribution in [0.25, 0.3) is 0 Å². The van der Waals surface area contributed by atoms with E-state index in [1.54, 1.807) is 17.1 Å². The molecule has 7 atom stereocenters. The summed E-state index contributed by atoms with van der Waals surface area (Å²) in [6.45, 7) is 2.55. The van der Waals surface area contributed by atoms with Gasteiger partial charge in [-0.1, -0.05) is 105 Å². The fourth-order valence-corrected chi connectivity index (χ4v) is 7.71. The Labute approximate surface area is 281 Å². The Hall–Kier alpha value is -4.28. The lowest BCUT2D eigenvalue weighted by atomic mass is 9.77. The van der Waals surface area contributed by atoms with Crippen LogP contribution in [-0.4, -0.2) is 88.7 Å². The second-order valence-electron chi connectivity index (χ2n) is 13.1. The van der Waals surface area contributed by atoms with Crippen LogP contribution in [0, 0.1) is 11.8 Å². The first-order chi connectivity index (χ1) is 23.4. The number of hydrogen-bond donors (Lipinski definition) is 2. The third-order valence-corrected chi connectivity index (χ3v) is 10.0. The molecule has 6 rings (SSSR count). The molecule has 2 N–H and O–H groups in total. The van der Waals surface area contributed by atoms with Crippen molar-refractivity contribution in [3.63, 3.8) is 0 Å². The molecule has 4 aliphatic heterocycles. The average Bonchev–Trinajstić information content (AvgIpc) is 3.50. The highest BCUT2D eigenvalue weighted by Gasteiger charge is 2.72. The van der Waals surface area contributed by atoms with Gasteiger partial charge >= 0.3 is 5.97 Å². The first kappa shape index (κ1) is 33.6. The van der Waals surface area contributed by atoms with Gasteiger partial charge in [0.1, 0.15) is 18.2 Å². The molecule has 3 amide bonds. The number of nitrogens with one attached hydrogen (secondary N) is 1. The van der Waals surface area contributed by atoms with Crippen molar-refractivity contribution in [3.8, 4) is 0 Å².